The molecule has 0 N–H and O–H groups in total. The van der Waals surface area contributed by atoms with Crippen molar-refractivity contribution >= 4 is 28.9 Å². The van der Waals surface area contributed by atoms with E-state index in [9.17, 15) is 4.79 Å². The number of carbonyl (C=O) groups is 1. The van der Waals surface area contributed by atoms with Crippen LogP contribution < -0.4 is 0 Å². The predicted molar refractivity (Wildman–Crippen MR) is 40.9 cm³/mol. The van der Waals surface area contributed by atoms with Gasteiger partial charge in [-0.3, -0.25) is 0 Å². The van der Waals surface area contributed by atoms with Gasteiger partial charge in [0.2, 0.25) is 9.47 Å². The highest BCUT2D eigenvalue weighted by atomic mass is 35.5. The molecule has 0 unspecified atom stereocenters. The van der Waals surface area contributed by atoms with E-state index in [0.29, 0.717) is 6.61 Å². The highest BCUT2D eigenvalue weighted by Gasteiger charge is 2.11. The fraction of sp³-hybridized carbons (Fsp3) is 0.400. The largest absolute Gasteiger partial charge is 0.461 e. The molecule has 1 aromatic heterocycles. The van der Waals surface area contributed by atoms with Crippen LogP contribution >= 0.6 is 22.9 Å². The average molecular weight is 193 g/mol. The molecule has 0 atom stereocenters. The molecule has 1 heterocycles. The summed E-state index contributed by atoms with van der Waals surface area (Å²) in [4.78, 5) is 10.9. The molecule has 0 aromatic carbocycles. The molecule has 0 aliphatic heterocycles. The van der Waals surface area contributed by atoms with Crippen LogP contribution in [0.2, 0.25) is 4.47 Å². The summed E-state index contributed by atoms with van der Waals surface area (Å²) in [6, 6.07) is 0. The summed E-state index contributed by atoms with van der Waals surface area (Å²) < 4.78 is 4.90. The molecule has 11 heavy (non-hydrogen) atoms. The van der Waals surface area contributed by atoms with Crippen LogP contribution in [0.15, 0.2) is 0 Å². The van der Waals surface area contributed by atoms with Gasteiger partial charge < -0.3 is 4.74 Å². The van der Waals surface area contributed by atoms with E-state index in [1.807, 2.05) is 0 Å². The number of nitrogens with zero attached hydrogens (tertiary/aromatic N) is 2. The third kappa shape index (κ3) is 2.13. The molecular formula is C5H5ClN2O2S. The zero-order chi connectivity index (χ0) is 8.27. The quantitative estimate of drug-likeness (QED) is 0.665. The summed E-state index contributed by atoms with van der Waals surface area (Å²) in [5.41, 5.74) is 0. The molecule has 0 aliphatic carbocycles. The maximum absolute atomic E-state index is 10.9. The van der Waals surface area contributed by atoms with E-state index in [0.717, 1.165) is 11.3 Å². The van der Waals surface area contributed by atoms with Crippen LogP contribution in [-0.2, 0) is 4.74 Å². The first-order chi connectivity index (χ1) is 5.24. The van der Waals surface area contributed by atoms with Gasteiger partial charge in [0, 0.05) is 0 Å². The van der Waals surface area contributed by atoms with E-state index < -0.39 is 5.97 Å². The van der Waals surface area contributed by atoms with Crippen LogP contribution in [0.3, 0.4) is 0 Å². The Morgan fingerprint density at radius 2 is 2.45 bits per heavy atom. The first kappa shape index (κ1) is 8.42. The Bertz CT molecular complexity index is 263. The molecule has 0 saturated heterocycles. The van der Waals surface area contributed by atoms with Crippen LogP contribution in [0.5, 0.6) is 0 Å². The smallest absolute Gasteiger partial charge is 0.369 e. The van der Waals surface area contributed by atoms with Crippen molar-refractivity contribution in [1.82, 2.24) is 10.2 Å². The molecule has 0 saturated carbocycles. The minimum absolute atomic E-state index is 0.192. The van der Waals surface area contributed by atoms with Gasteiger partial charge in [0.15, 0.2) is 0 Å². The number of halogens is 1. The number of aromatic nitrogens is 2. The van der Waals surface area contributed by atoms with Crippen molar-refractivity contribution in [3.63, 3.8) is 0 Å². The van der Waals surface area contributed by atoms with E-state index >= 15 is 0 Å². The Labute approximate surface area is 72.2 Å². The number of hydrogen-bond acceptors (Lipinski definition) is 5. The second-order valence-electron chi connectivity index (χ2n) is 1.58. The third-order valence-corrected chi connectivity index (χ3v) is 1.85. The van der Waals surface area contributed by atoms with Gasteiger partial charge >= 0.3 is 5.97 Å². The fourth-order valence-corrected chi connectivity index (χ4v) is 1.20. The number of hydrogen-bond donors (Lipinski definition) is 0. The number of ether oxygens (including phenoxy) is 1. The number of carbonyl (C=O) groups excluding carboxylic acids is 1. The fourth-order valence-electron chi connectivity index (χ4n) is 0.481. The van der Waals surface area contributed by atoms with Crippen molar-refractivity contribution in [2.45, 2.75) is 6.92 Å². The maximum Gasteiger partial charge on any atom is 0.369 e. The number of esters is 1. The lowest BCUT2D eigenvalue weighted by molar-refractivity contribution is 0.0525. The molecule has 0 spiro atoms. The first-order valence-corrected chi connectivity index (χ1v) is 4.09. The standard InChI is InChI=1S/C5H5ClN2O2S/c1-2-10-4(9)3-7-8-5(6)11-3/h2H2,1H3. The summed E-state index contributed by atoms with van der Waals surface area (Å²) >= 11 is 6.45. The second-order valence-corrected chi connectivity index (χ2v) is 3.14. The van der Waals surface area contributed by atoms with Crippen molar-refractivity contribution in [2.24, 2.45) is 0 Å². The minimum atomic E-state index is -0.475. The third-order valence-electron chi connectivity index (χ3n) is 0.850. The predicted octanol–water partition coefficient (Wildman–Crippen LogP) is 1.37. The van der Waals surface area contributed by atoms with Gasteiger partial charge in [0.05, 0.1) is 6.61 Å². The van der Waals surface area contributed by atoms with Crippen LogP contribution in [0.25, 0.3) is 0 Å². The van der Waals surface area contributed by atoms with Crippen molar-refractivity contribution in [3.8, 4) is 0 Å². The molecule has 6 heteroatoms. The molecule has 0 fully saturated rings. The van der Waals surface area contributed by atoms with Crippen molar-refractivity contribution in [3.05, 3.63) is 9.47 Å². The van der Waals surface area contributed by atoms with E-state index in [1.54, 1.807) is 6.92 Å². The van der Waals surface area contributed by atoms with Gasteiger partial charge in [0.1, 0.15) is 0 Å². The highest BCUT2D eigenvalue weighted by Crippen LogP contribution is 2.15. The zero-order valence-electron chi connectivity index (χ0n) is 5.70. The van der Waals surface area contributed by atoms with Crippen LogP contribution in [0.1, 0.15) is 16.7 Å². The van der Waals surface area contributed by atoms with Gasteiger partial charge in [-0.2, -0.15) is 0 Å². The average Bonchev–Trinajstić information content (AvgIpc) is 2.36. The monoisotopic (exact) mass is 192 g/mol. The van der Waals surface area contributed by atoms with Gasteiger partial charge in [-0.15, -0.1) is 10.2 Å². The molecule has 1 aromatic rings. The summed E-state index contributed by atoms with van der Waals surface area (Å²) in [7, 11) is 0. The summed E-state index contributed by atoms with van der Waals surface area (Å²) in [5, 5.41) is 7.14. The Hall–Kier alpha value is -0.680. The van der Waals surface area contributed by atoms with Crippen molar-refractivity contribution < 1.29 is 9.53 Å². The van der Waals surface area contributed by atoms with Crippen molar-refractivity contribution in [2.75, 3.05) is 6.61 Å². The normalized spacial score (nSPS) is 9.64. The van der Waals surface area contributed by atoms with Gasteiger partial charge in [-0.1, -0.05) is 11.3 Å². The molecule has 1 rings (SSSR count). The molecule has 0 amide bonds. The lowest BCUT2D eigenvalue weighted by Crippen LogP contribution is -2.03. The molecular weight excluding hydrogens is 188 g/mol. The molecule has 60 valence electrons. The molecule has 0 aliphatic rings. The first-order valence-electron chi connectivity index (χ1n) is 2.90. The lowest BCUT2D eigenvalue weighted by atomic mass is 10.7. The Morgan fingerprint density at radius 3 is 2.91 bits per heavy atom. The van der Waals surface area contributed by atoms with Gasteiger partial charge in [-0.25, -0.2) is 4.79 Å². The SMILES string of the molecule is CCOC(=O)c1nnc(Cl)s1. The number of rotatable bonds is 2. The van der Waals surface area contributed by atoms with E-state index in [-0.39, 0.29) is 9.47 Å². The maximum atomic E-state index is 10.9. The van der Waals surface area contributed by atoms with Gasteiger partial charge in [0.25, 0.3) is 0 Å². The van der Waals surface area contributed by atoms with E-state index in [4.69, 9.17) is 11.6 Å². The highest BCUT2D eigenvalue weighted by molar-refractivity contribution is 7.17. The van der Waals surface area contributed by atoms with Gasteiger partial charge in [-0.05, 0) is 18.5 Å². The molecule has 0 radical (unpaired) electrons. The Kier molecular flexibility index (Phi) is 2.78. The Balaban J connectivity index is 2.69. The van der Waals surface area contributed by atoms with E-state index in [1.165, 1.54) is 0 Å². The summed E-state index contributed by atoms with van der Waals surface area (Å²) in [5.74, 6) is -0.475. The van der Waals surface area contributed by atoms with Crippen LogP contribution in [0, 0.1) is 0 Å². The zero-order valence-corrected chi connectivity index (χ0v) is 7.28. The Morgan fingerprint density at radius 1 is 1.73 bits per heavy atom. The summed E-state index contributed by atoms with van der Waals surface area (Å²) in [6.45, 7) is 2.05. The van der Waals surface area contributed by atoms with Crippen LogP contribution in [-0.4, -0.2) is 22.8 Å². The topological polar surface area (TPSA) is 52.1 Å². The molecule has 4 nitrogen and oxygen atoms in total. The minimum Gasteiger partial charge on any atom is -0.461 e. The molecule has 0 bridgehead atoms. The van der Waals surface area contributed by atoms with E-state index in [2.05, 4.69) is 14.9 Å². The second kappa shape index (κ2) is 3.64. The van der Waals surface area contributed by atoms with Crippen LogP contribution in [0.4, 0.5) is 0 Å². The summed E-state index contributed by atoms with van der Waals surface area (Å²) in [6.07, 6.45) is 0. The lowest BCUT2D eigenvalue weighted by Gasteiger charge is -1.93. The van der Waals surface area contributed by atoms with Crippen molar-refractivity contribution in [1.29, 1.82) is 0 Å².